The van der Waals surface area contributed by atoms with Crippen molar-refractivity contribution in [2.75, 3.05) is 23.5 Å². The molecule has 0 radical (unpaired) electrons. The van der Waals surface area contributed by atoms with Crippen molar-refractivity contribution in [3.63, 3.8) is 0 Å². The van der Waals surface area contributed by atoms with Crippen LogP contribution in [-0.2, 0) is 9.53 Å². The first-order chi connectivity index (χ1) is 13.5. The summed E-state index contributed by atoms with van der Waals surface area (Å²) in [5.74, 6) is 5.67. The summed E-state index contributed by atoms with van der Waals surface area (Å²) < 4.78 is 6.44. The van der Waals surface area contributed by atoms with E-state index in [2.05, 4.69) is 15.5 Å². The number of rotatable bonds is 7. The molecule has 2 aromatic heterocycles. The Morgan fingerprint density at radius 1 is 1.29 bits per heavy atom. The Labute approximate surface area is 170 Å². The van der Waals surface area contributed by atoms with Gasteiger partial charge in [0, 0.05) is 4.88 Å². The molecular weight excluding hydrogens is 398 g/mol. The largest absolute Gasteiger partial charge is 0.462 e. The van der Waals surface area contributed by atoms with Gasteiger partial charge < -0.3 is 15.9 Å². The normalized spacial score (nSPS) is 10.6. The minimum Gasteiger partial charge on any atom is -0.462 e. The van der Waals surface area contributed by atoms with Crippen molar-refractivity contribution in [1.82, 2.24) is 14.9 Å². The fourth-order valence-corrected chi connectivity index (χ4v) is 4.06. The van der Waals surface area contributed by atoms with Crippen LogP contribution in [-0.4, -0.2) is 39.1 Å². The number of aromatic nitrogens is 3. The average Bonchev–Trinajstić information content (AvgIpc) is 3.25. The summed E-state index contributed by atoms with van der Waals surface area (Å²) >= 11 is 2.44. The van der Waals surface area contributed by atoms with Gasteiger partial charge in [0.1, 0.15) is 10.7 Å². The van der Waals surface area contributed by atoms with E-state index < -0.39 is 5.97 Å². The van der Waals surface area contributed by atoms with Crippen molar-refractivity contribution in [2.24, 2.45) is 0 Å². The number of anilines is 1. The van der Waals surface area contributed by atoms with Crippen LogP contribution in [0.5, 0.6) is 0 Å². The molecule has 0 aliphatic rings. The van der Waals surface area contributed by atoms with E-state index in [1.54, 1.807) is 19.9 Å². The van der Waals surface area contributed by atoms with Crippen LogP contribution in [0.3, 0.4) is 0 Å². The molecule has 1 amide bonds. The van der Waals surface area contributed by atoms with Gasteiger partial charge in [-0.05, 0) is 25.5 Å². The van der Waals surface area contributed by atoms with Gasteiger partial charge in [0.25, 0.3) is 0 Å². The molecule has 0 spiro atoms. The number of esters is 1. The summed E-state index contributed by atoms with van der Waals surface area (Å²) in [6.07, 6.45) is 0. The molecule has 28 heavy (non-hydrogen) atoms. The highest BCUT2D eigenvalue weighted by Gasteiger charge is 2.20. The van der Waals surface area contributed by atoms with Gasteiger partial charge in [-0.1, -0.05) is 42.1 Å². The van der Waals surface area contributed by atoms with Gasteiger partial charge in [0.05, 0.1) is 18.0 Å². The molecule has 0 atom stereocenters. The first kappa shape index (κ1) is 19.9. The number of amides is 1. The van der Waals surface area contributed by atoms with Crippen LogP contribution < -0.4 is 11.2 Å². The number of thiophene rings is 1. The molecule has 0 aliphatic carbocycles. The van der Waals surface area contributed by atoms with Gasteiger partial charge in [0.2, 0.25) is 11.1 Å². The summed E-state index contributed by atoms with van der Waals surface area (Å²) in [5, 5.41) is 11.0. The van der Waals surface area contributed by atoms with E-state index in [1.165, 1.54) is 16.0 Å². The monoisotopic (exact) mass is 417 g/mol. The molecule has 2 heterocycles. The molecule has 3 aromatic rings. The number of nitrogens with two attached hydrogens (primary N) is 1. The van der Waals surface area contributed by atoms with Crippen LogP contribution in [0.2, 0.25) is 0 Å². The second-order valence-corrected chi connectivity index (χ2v) is 7.67. The summed E-state index contributed by atoms with van der Waals surface area (Å²) in [4.78, 5) is 25.9. The van der Waals surface area contributed by atoms with E-state index in [-0.39, 0.29) is 18.3 Å². The standard InChI is InChI=1S/C18H19N5O3S2/c1-3-26-17(25)16-13(9-14(28-16)12-7-5-4-6-8-12)20-15(24)10-27-18-22-21-11(2)23(18)19/h4-9H,3,10,19H2,1-2H3,(H,20,24). The Morgan fingerprint density at radius 2 is 2.04 bits per heavy atom. The first-order valence-electron chi connectivity index (χ1n) is 8.45. The molecule has 3 N–H and O–H groups in total. The molecule has 10 heteroatoms. The van der Waals surface area contributed by atoms with Crippen molar-refractivity contribution in [2.45, 2.75) is 19.0 Å². The number of nitrogen functional groups attached to an aromatic ring is 1. The van der Waals surface area contributed by atoms with Gasteiger partial charge in [-0.3, -0.25) is 4.79 Å². The first-order valence-corrected chi connectivity index (χ1v) is 10.3. The zero-order chi connectivity index (χ0) is 20.1. The number of aryl methyl sites for hydroxylation is 1. The molecular formula is C18H19N5O3S2. The van der Waals surface area contributed by atoms with E-state index in [4.69, 9.17) is 10.6 Å². The van der Waals surface area contributed by atoms with Crippen LogP contribution >= 0.6 is 23.1 Å². The zero-order valence-electron chi connectivity index (χ0n) is 15.3. The third-order valence-corrected chi connectivity index (χ3v) is 5.80. The smallest absolute Gasteiger partial charge is 0.350 e. The number of hydrogen-bond donors (Lipinski definition) is 2. The molecule has 1 aromatic carbocycles. The lowest BCUT2D eigenvalue weighted by Crippen LogP contribution is -2.17. The lowest BCUT2D eigenvalue weighted by atomic mass is 10.2. The number of carbonyl (C=O) groups is 2. The van der Waals surface area contributed by atoms with Crippen molar-refractivity contribution in [3.8, 4) is 10.4 Å². The van der Waals surface area contributed by atoms with Gasteiger partial charge in [-0.2, -0.15) is 0 Å². The van der Waals surface area contributed by atoms with E-state index in [1.807, 2.05) is 30.3 Å². The maximum atomic E-state index is 12.4. The summed E-state index contributed by atoms with van der Waals surface area (Å²) in [7, 11) is 0. The van der Waals surface area contributed by atoms with E-state index in [9.17, 15) is 9.59 Å². The minimum absolute atomic E-state index is 0.0775. The SMILES string of the molecule is CCOC(=O)c1sc(-c2ccccc2)cc1NC(=O)CSc1nnc(C)n1N. The Hall–Kier alpha value is -2.85. The molecule has 0 unspecified atom stereocenters. The number of hydrogen-bond acceptors (Lipinski definition) is 8. The molecule has 3 rings (SSSR count). The highest BCUT2D eigenvalue weighted by atomic mass is 32.2. The van der Waals surface area contributed by atoms with Gasteiger partial charge in [-0.25, -0.2) is 9.47 Å². The Balaban J connectivity index is 1.77. The Bertz CT molecular complexity index is 985. The van der Waals surface area contributed by atoms with E-state index in [0.717, 1.165) is 22.2 Å². The van der Waals surface area contributed by atoms with Crippen LogP contribution in [0, 0.1) is 6.92 Å². The van der Waals surface area contributed by atoms with E-state index in [0.29, 0.717) is 21.5 Å². The molecule has 146 valence electrons. The second kappa shape index (κ2) is 8.89. The van der Waals surface area contributed by atoms with Crippen molar-refractivity contribution >= 4 is 40.7 Å². The Morgan fingerprint density at radius 3 is 2.68 bits per heavy atom. The summed E-state index contributed by atoms with van der Waals surface area (Å²) in [5.41, 5.74) is 1.39. The number of carbonyl (C=O) groups excluding carboxylic acids is 2. The van der Waals surface area contributed by atoms with Gasteiger partial charge in [0.15, 0.2) is 0 Å². The highest BCUT2D eigenvalue weighted by molar-refractivity contribution is 7.99. The average molecular weight is 418 g/mol. The van der Waals surface area contributed by atoms with Crippen LogP contribution in [0.15, 0.2) is 41.6 Å². The molecule has 0 bridgehead atoms. The fourth-order valence-electron chi connectivity index (χ4n) is 2.34. The number of nitrogens with zero attached hydrogens (tertiary/aromatic N) is 3. The quantitative estimate of drug-likeness (QED) is 0.345. The molecule has 0 aliphatic heterocycles. The molecule has 8 nitrogen and oxygen atoms in total. The topological polar surface area (TPSA) is 112 Å². The van der Waals surface area contributed by atoms with Crippen LogP contribution in [0.1, 0.15) is 22.4 Å². The summed E-state index contributed by atoms with van der Waals surface area (Å²) in [6, 6.07) is 11.4. The lowest BCUT2D eigenvalue weighted by molar-refractivity contribution is -0.113. The second-order valence-electron chi connectivity index (χ2n) is 5.68. The maximum absolute atomic E-state index is 12.4. The number of benzene rings is 1. The maximum Gasteiger partial charge on any atom is 0.350 e. The predicted molar refractivity (Wildman–Crippen MR) is 110 cm³/mol. The number of nitrogens with one attached hydrogen (secondary N) is 1. The Kier molecular flexibility index (Phi) is 6.32. The number of ether oxygens (including phenoxy) is 1. The third kappa shape index (κ3) is 4.52. The van der Waals surface area contributed by atoms with Gasteiger partial charge >= 0.3 is 5.97 Å². The van der Waals surface area contributed by atoms with Crippen molar-refractivity contribution in [3.05, 3.63) is 47.1 Å². The molecule has 0 fully saturated rings. The molecule has 0 saturated heterocycles. The fraction of sp³-hybridized carbons (Fsp3) is 0.222. The highest BCUT2D eigenvalue weighted by Crippen LogP contribution is 2.35. The van der Waals surface area contributed by atoms with Crippen molar-refractivity contribution in [1.29, 1.82) is 0 Å². The third-order valence-electron chi connectivity index (χ3n) is 3.69. The van der Waals surface area contributed by atoms with Crippen LogP contribution in [0.4, 0.5) is 5.69 Å². The summed E-state index contributed by atoms with van der Waals surface area (Å²) in [6.45, 7) is 3.72. The minimum atomic E-state index is -0.463. The zero-order valence-corrected chi connectivity index (χ0v) is 17.0. The molecule has 0 saturated carbocycles. The van der Waals surface area contributed by atoms with Crippen molar-refractivity contribution < 1.29 is 14.3 Å². The predicted octanol–water partition coefficient (Wildman–Crippen LogP) is 2.94. The van der Waals surface area contributed by atoms with Gasteiger partial charge in [-0.15, -0.1) is 21.5 Å². The number of thioether (sulfide) groups is 1. The van der Waals surface area contributed by atoms with E-state index >= 15 is 0 Å². The lowest BCUT2D eigenvalue weighted by Gasteiger charge is -2.06. The van der Waals surface area contributed by atoms with Crippen LogP contribution in [0.25, 0.3) is 10.4 Å².